The van der Waals surface area contributed by atoms with E-state index in [1.165, 1.54) is 43.5 Å². The van der Waals surface area contributed by atoms with Crippen LogP contribution in [0.5, 0.6) is 0 Å². The van der Waals surface area contributed by atoms with Crippen LogP contribution in [0.1, 0.15) is 83.2 Å². The van der Waals surface area contributed by atoms with Gasteiger partial charge >= 0.3 is 0 Å². The molecule has 23 heavy (non-hydrogen) atoms. The van der Waals surface area contributed by atoms with Gasteiger partial charge in [0, 0.05) is 30.5 Å². The topological polar surface area (TPSA) is 55.0 Å². The Balaban J connectivity index is 1.89. The summed E-state index contributed by atoms with van der Waals surface area (Å²) < 4.78 is 0. The summed E-state index contributed by atoms with van der Waals surface area (Å²) in [5, 5.41) is 0. The zero-order valence-electron chi connectivity index (χ0n) is 15.0. The normalized spacial score (nSPS) is 21.7. The van der Waals surface area contributed by atoms with Crippen LogP contribution in [0, 0.1) is 0 Å². The number of piperidine rings is 1. The summed E-state index contributed by atoms with van der Waals surface area (Å²) in [6.45, 7) is 8.84. The Bertz CT molecular complexity index is 521. The Morgan fingerprint density at radius 1 is 1.04 bits per heavy atom. The molecule has 0 unspecified atom stereocenters. The summed E-state index contributed by atoms with van der Waals surface area (Å²) >= 11 is 0. The fourth-order valence-corrected chi connectivity index (χ4v) is 3.87. The molecule has 2 aliphatic rings. The highest BCUT2D eigenvalue weighted by atomic mass is 15.2. The second kappa shape index (κ2) is 6.76. The van der Waals surface area contributed by atoms with Gasteiger partial charge in [0.2, 0.25) is 0 Å². The van der Waals surface area contributed by atoms with Crippen molar-refractivity contribution >= 4 is 5.69 Å². The van der Waals surface area contributed by atoms with Crippen LogP contribution in [-0.2, 0) is 5.41 Å². The van der Waals surface area contributed by atoms with Gasteiger partial charge in [-0.3, -0.25) is 0 Å². The van der Waals surface area contributed by atoms with Gasteiger partial charge in [0.15, 0.2) is 0 Å². The summed E-state index contributed by atoms with van der Waals surface area (Å²) in [4.78, 5) is 12.3. The Morgan fingerprint density at radius 2 is 1.70 bits per heavy atom. The third kappa shape index (κ3) is 3.85. The van der Waals surface area contributed by atoms with E-state index in [2.05, 4.69) is 31.9 Å². The van der Waals surface area contributed by atoms with Crippen molar-refractivity contribution in [3.8, 4) is 0 Å². The smallest absolute Gasteiger partial charge is 0.131 e. The number of rotatable bonds is 2. The van der Waals surface area contributed by atoms with Crippen molar-refractivity contribution in [2.24, 2.45) is 5.73 Å². The Labute approximate surface area is 140 Å². The van der Waals surface area contributed by atoms with Gasteiger partial charge in [-0.05, 0) is 25.7 Å². The van der Waals surface area contributed by atoms with Crippen molar-refractivity contribution in [1.82, 2.24) is 9.97 Å². The van der Waals surface area contributed by atoms with Crippen LogP contribution in [0.4, 0.5) is 5.69 Å². The average Bonchev–Trinajstić information content (AvgIpc) is 2.55. The van der Waals surface area contributed by atoms with Crippen LogP contribution >= 0.6 is 0 Å². The van der Waals surface area contributed by atoms with Gasteiger partial charge in [0.05, 0.1) is 17.6 Å². The van der Waals surface area contributed by atoms with E-state index in [1.807, 2.05) is 0 Å². The molecule has 0 radical (unpaired) electrons. The van der Waals surface area contributed by atoms with E-state index in [9.17, 15) is 0 Å². The highest BCUT2D eigenvalue weighted by molar-refractivity contribution is 5.52. The lowest BCUT2D eigenvalue weighted by Crippen LogP contribution is -2.41. The quantitative estimate of drug-likeness (QED) is 0.903. The van der Waals surface area contributed by atoms with Gasteiger partial charge in [0.1, 0.15) is 5.82 Å². The van der Waals surface area contributed by atoms with Crippen molar-refractivity contribution in [2.75, 3.05) is 18.0 Å². The number of nitrogens with zero attached hydrogens (tertiary/aromatic N) is 3. The van der Waals surface area contributed by atoms with E-state index in [4.69, 9.17) is 15.7 Å². The fraction of sp³-hybridized carbons (Fsp3) is 0.789. The van der Waals surface area contributed by atoms with E-state index >= 15 is 0 Å². The molecule has 0 bridgehead atoms. The SMILES string of the molecule is CC(C)(C)c1nc(C2CCCCC2)ncc1N1CCC(N)CC1. The zero-order chi connectivity index (χ0) is 16.4. The molecule has 0 aromatic carbocycles. The van der Waals surface area contributed by atoms with E-state index in [0.29, 0.717) is 12.0 Å². The highest BCUT2D eigenvalue weighted by Crippen LogP contribution is 2.35. The van der Waals surface area contributed by atoms with Crippen LogP contribution in [0.15, 0.2) is 6.20 Å². The van der Waals surface area contributed by atoms with Crippen molar-refractivity contribution in [1.29, 1.82) is 0 Å². The number of hydrogen-bond donors (Lipinski definition) is 1. The maximum absolute atomic E-state index is 6.06. The maximum Gasteiger partial charge on any atom is 0.131 e. The minimum absolute atomic E-state index is 0.0429. The van der Waals surface area contributed by atoms with Gasteiger partial charge in [-0.2, -0.15) is 0 Å². The lowest BCUT2D eigenvalue weighted by atomic mass is 9.87. The molecule has 1 aliphatic heterocycles. The average molecular weight is 316 g/mol. The fourth-order valence-electron chi connectivity index (χ4n) is 3.87. The summed E-state index contributed by atoms with van der Waals surface area (Å²) in [6.07, 6.45) is 10.7. The van der Waals surface area contributed by atoms with Crippen LogP contribution < -0.4 is 10.6 Å². The largest absolute Gasteiger partial charge is 0.369 e. The third-order valence-electron chi connectivity index (χ3n) is 5.35. The van der Waals surface area contributed by atoms with Crippen LogP contribution in [0.25, 0.3) is 0 Å². The molecule has 1 aromatic heterocycles. The van der Waals surface area contributed by atoms with E-state index in [0.717, 1.165) is 31.8 Å². The molecule has 3 rings (SSSR count). The Morgan fingerprint density at radius 3 is 2.30 bits per heavy atom. The van der Waals surface area contributed by atoms with Crippen LogP contribution in [-0.4, -0.2) is 29.1 Å². The Kier molecular flexibility index (Phi) is 4.90. The molecule has 1 aromatic rings. The lowest BCUT2D eigenvalue weighted by Gasteiger charge is -2.35. The third-order valence-corrected chi connectivity index (χ3v) is 5.35. The predicted molar refractivity (Wildman–Crippen MR) is 96.0 cm³/mol. The van der Waals surface area contributed by atoms with E-state index < -0.39 is 0 Å². The summed E-state index contributed by atoms with van der Waals surface area (Å²) in [5.41, 5.74) is 8.54. The molecule has 2 heterocycles. The van der Waals surface area contributed by atoms with Crippen molar-refractivity contribution < 1.29 is 0 Å². The molecular formula is C19H32N4. The molecule has 2 fully saturated rings. The predicted octanol–water partition coefficient (Wildman–Crippen LogP) is 3.75. The molecule has 1 saturated heterocycles. The van der Waals surface area contributed by atoms with Gasteiger partial charge in [-0.25, -0.2) is 9.97 Å². The second-order valence-electron chi connectivity index (χ2n) is 8.37. The van der Waals surface area contributed by atoms with E-state index in [-0.39, 0.29) is 5.41 Å². The molecule has 128 valence electrons. The first kappa shape index (κ1) is 16.7. The van der Waals surface area contributed by atoms with Gasteiger partial charge in [-0.15, -0.1) is 0 Å². The highest BCUT2D eigenvalue weighted by Gasteiger charge is 2.28. The molecule has 4 heteroatoms. The molecule has 1 saturated carbocycles. The number of anilines is 1. The van der Waals surface area contributed by atoms with Crippen molar-refractivity contribution in [2.45, 2.75) is 83.1 Å². The Hall–Kier alpha value is -1.16. The summed E-state index contributed by atoms with van der Waals surface area (Å²) in [5.74, 6) is 1.64. The second-order valence-corrected chi connectivity index (χ2v) is 8.37. The number of aromatic nitrogens is 2. The number of hydrogen-bond acceptors (Lipinski definition) is 4. The molecule has 0 spiro atoms. The van der Waals surface area contributed by atoms with Crippen LogP contribution in [0.2, 0.25) is 0 Å². The lowest BCUT2D eigenvalue weighted by molar-refractivity contribution is 0.423. The molecule has 1 aliphatic carbocycles. The summed E-state index contributed by atoms with van der Waals surface area (Å²) in [7, 11) is 0. The molecule has 0 atom stereocenters. The van der Waals surface area contributed by atoms with Crippen molar-refractivity contribution in [3.63, 3.8) is 0 Å². The maximum atomic E-state index is 6.06. The molecule has 4 nitrogen and oxygen atoms in total. The standard InChI is InChI=1S/C19H32N4/c1-19(2,3)17-16(23-11-9-15(20)10-12-23)13-21-18(22-17)14-7-5-4-6-8-14/h13-15H,4-12,20H2,1-3H3. The van der Waals surface area contributed by atoms with Gasteiger partial charge < -0.3 is 10.6 Å². The van der Waals surface area contributed by atoms with Crippen molar-refractivity contribution in [3.05, 3.63) is 17.7 Å². The van der Waals surface area contributed by atoms with Gasteiger partial charge in [-0.1, -0.05) is 40.0 Å². The first-order chi connectivity index (χ1) is 10.9. The minimum atomic E-state index is 0.0429. The van der Waals surface area contributed by atoms with E-state index in [1.54, 1.807) is 0 Å². The first-order valence-corrected chi connectivity index (χ1v) is 9.33. The van der Waals surface area contributed by atoms with Gasteiger partial charge in [0.25, 0.3) is 0 Å². The monoisotopic (exact) mass is 316 g/mol. The molecule has 0 amide bonds. The minimum Gasteiger partial charge on any atom is -0.369 e. The molecular weight excluding hydrogens is 284 g/mol. The van der Waals surface area contributed by atoms with Crippen LogP contribution in [0.3, 0.4) is 0 Å². The zero-order valence-corrected chi connectivity index (χ0v) is 15.0. The molecule has 2 N–H and O–H groups in total. The first-order valence-electron chi connectivity index (χ1n) is 9.33. The number of nitrogens with two attached hydrogens (primary N) is 1. The summed E-state index contributed by atoms with van der Waals surface area (Å²) in [6, 6.07) is 0.353.